The van der Waals surface area contributed by atoms with E-state index in [-0.39, 0.29) is 30.7 Å². The van der Waals surface area contributed by atoms with Crippen molar-refractivity contribution in [2.24, 2.45) is 0 Å². The summed E-state index contributed by atoms with van der Waals surface area (Å²) < 4.78 is 5.43. The van der Waals surface area contributed by atoms with Crippen LogP contribution in [0.15, 0.2) is 42.5 Å². The highest BCUT2D eigenvalue weighted by Gasteiger charge is 2.27. The second-order valence-electron chi connectivity index (χ2n) is 5.92. The number of hydrogen-bond donors (Lipinski definition) is 1. The standard InChI is InChI=1S/C19H18N2O4/c1-12-6-7-16-17(8-12)25-11-19(24)21(16)10-18(23)20-15-5-3-4-14(9-15)13(2)22/h3-9H,10-11H2,1-2H3,(H,20,23). The highest BCUT2D eigenvalue weighted by Crippen LogP contribution is 2.32. The molecule has 2 amide bonds. The van der Waals surface area contributed by atoms with E-state index in [1.807, 2.05) is 19.1 Å². The molecule has 128 valence electrons. The number of ether oxygens (including phenoxy) is 1. The maximum atomic E-state index is 12.4. The number of nitrogens with zero attached hydrogens (tertiary/aromatic N) is 1. The molecule has 1 N–H and O–H groups in total. The SMILES string of the molecule is CC(=O)c1cccc(NC(=O)CN2C(=O)COc3cc(C)ccc32)c1. The topological polar surface area (TPSA) is 75.7 Å². The van der Waals surface area contributed by atoms with Crippen LogP contribution in [0.3, 0.4) is 0 Å². The van der Waals surface area contributed by atoms with Gasteiger partial charge in [0.05, 0.1) is 5.69 Å². The maximum Gasteiger partial charge on any atom is 0.265 e. The van der Waals surface area contributed by atoms with Crippen molar-refractivity contribution in [3.8, 4) is 5.75 Å². The van der Waals surface area contributed by atoms with E-state index in [1.54, 1.807) is 30.3 Å². The van der Waals surface area contributed by atoms with Crippen LogP contribution in [0.4, 0.5) is 11.4 Å². The molecule has 6 nitrogen and oxygen atoms in total. The third-order valence-corrected chi connectivity index (χ3v) is 3.91. The summed E-state index contributed by atoms with van der Waals surface area (Å²) in [5.41, 5.74) is 2.62. The van der Waals surface area contributed by atoms with Crippen LogP contribution in [-0.4, -0.2) is 30.7 Å². The average Bonchev–Trinajstić information content (AvgIpc) is 2.57. The highest BCUT2D eigenvalue weighted by atomic mass is 16.5. The third kappa shape index (κ3) is 3.68. The van der Waals surface area contributed by atoms with E-state index in [0.717, 1.165) is 5.56 Å². The molecule has 25 heavy (non-hydrogen) atoms. The quantitative estimate of drug-likeness (QED) is 0.870. The summed E-state index contributed by atoms with van der Waals surface area (Å²) in [4.78, 5) is 37.3. The third-order valence-electron chi connectivity index (χ3n) is 3.91. The van der Waals surface area contributed by atoms with Gasteiger partial charge in [0.15, 0.2) is 12.4 Å². The molecule has 0 aliphatic carbocycles. The Morgan fingerprint density at radius 3 is 2.76 bits per heavy atom. The van der Waals surface area contributed by atoms with Crippen LogP contribution in [0.2, 0.25) is 0 Å². The first-order chi connectivity index (χ1) is 11.9. The first kappa shape index (κ1) is 16.7. The lowest BCUT2D eigenvalue weighted by atomic mass is 10.1. The number of rotatable bonds is 4. The van der Waals surface area contributed by atoms with Crippen molar-refractivity contribution in [2.75, 3.05) is 23.4 Å². The van der Waals surface area contributed by atoms with Gasteiger partial charge in [-0.3, -0.25) is 19.3 Å². The number of amides is 2. The van der Waals surface area contributed by atoms with Gasteiger partial charge in [0.25, 0.3) is 5.91 Å². The van der Waals surface area contributed by atoms with Gasteiger partial charge in [-0.1, -0.05) is 18.2 Å². The Morgan fingerprint density at radius 2 is 2.00 bits per heavy atom. The summed E-state index contributed by atoms with van der Waals surface area (Å²) in [6, 6.07) is 12.2. The van der Waals surface area contributed by atoms with Gasteiger partial charge in [-0.2, -0.15) is 0 Å². The number of ketones is 1. The van der Waals surface area contributed by atoms with E-state index < -0.39 is 0 Å². The fraction of sp³-hybridized carbons (Fsp3) is 0.211. The molecule has 0 radical (unpaired) electrons. The number of aryl methyl sites for hydroxylation is 1. The Bertz CT molecular complexity index is 860. The molecule has 1 heterocycles. The second kappa shape index (κ2) is 6.76. The molecular formula is C19H18N2O4. The Balaban J connectivity index is 1.76. The van der Waals surface area contributed by atoms with E-state index >= 15 is 0 Å². The first-order valence-corrected chi connectivity index (χ1v) is 7.89. The van der Waals surface area contributed by atoms with Crippen LogP contribution in [0.25, 0.3) is 0 Å². The van der Waals surface area contributed by atoms with Crippen LogP contribution in [-0.2, 0) is 9.59 Å². The van der Waals surface area contributed by atoms with E-state index in [0.29, 0.717) is 22.7 Å². The minimum atomic E-state index is -0.345. The summed E-state index contributed by atoms with van der Waals surface area (Å²) in [7, 11) is 0. The van der Waals surface area contributed by atoms with Crippen molar-refractivity contribution in [1.29, 1.82) is 0 Å². The molecule has 0 saturated carbocycles. The minimum Gasteiger partial charge on any atom is -0.482 e. The summed E-state index contributed by atoms with van der Waals surface area (Å²) in [5, 5.41) is 2.72. The van der Waals surface area contributed by atoms with Crippen molar-refractivity contribution in [3.05, 3.63) is 53.6 Å². The molecule has 2 aromatic rings. The number of fused-ring (bicyclic) bond motifs is 1. The lowest BCUT2D eigenvalue weighted by molar-refractivity contribution is -0.123. The molecule has 6 heteroatoms. The molecule has 0 fully saturated rings. The fourth-order valence-corrected chi connectivity index (χ4v) is 2.65. The number of carbonyl (C=O) groups excluding carboxylic acids is 3. The Hall–Kier alpha value is -3.15. The van der Waals surface area contributed by atoms with Crippen LogP contribution in [0.1, 0.15) is 22.8 Å². The predicted octanol–water partition coefficient (Wildman–Crippen LogP) is 2.56. The molecule has 0 bridgehead atoms. The van der Waals surface area contributed by atoms with Gasteiger partial charge >= 0.3 is 0 Å². The summed E-state index contributed by atoms with van der Waals surface area (Å²) in [6.07, 6.45) is 0. The molecule has 0 aromatic heterocycles. The molecule has 3 rings (SSSR count). The highest BCUT2D eigenvalue weighted by molar-refractivity contribution is 6.05. The van der Waals surface area contributed by atoms with Gasteiger partial charge in [0.1, 0.15) is 12.3 Å². The van der Waals surface area contributed by atoms with Crippen molar-refractivity contribution < 1.29 is 19.1 Å². The summed E-state index contributed by atoms with van der Waals surface area (Å²) in [5.74, 6) is -0.110. The van der Waals surface area contributed by atoms with Crippen molar-refractivity contribution in [1.82, 2.24) is 0 Å². The first-order valence-electron chi connectivity index (χ1n) is 7.89. The van der Waals surface area contributed by atoms with E-state index in [4.69, 9.17) is 4.74 Å². The number of anilines is 2. The molecular weight excluding hydrogens is 320 g/mol. The van der Waals surface area contributed by atoms with Gasteiger partial charge in [0.2, 0.25) is 5.91 Å². The van der Waals surface area contributed by atoms with Gasteiger partial charge in [-0.15, -0.1) is 0 Å². The van der Waals surface area contributed by atoms with Gasteiger partial charge in [-0.05, 0) is 43.7 Å². The zero-order valence-corrected chi connectivity index (χ0v) is 14.0. The summed E-state index contributed by atoms with van der Waals surface area (Å²) in [6.45, 7) is 3.18. The monoisotopic (exact) mass is 338 g/mol. The van der Waals surface area contributed by atoms with E-state index in [1.165, 1.54) is 11.8 Å². The zero-order chi connectivity index (χ0) is 18.0. The van der Waals surface area contributed by atoms with Crippen molar-refractivity contribution >= 4 is 29.0 Å². The second-order valence-corrected chi connectivity index (χ2v) is 5.92. The normalized spacial score (nSPS) is 13.0. The smallest absolute Gasteiger partial charge is 0.265 e. The predicted molar refractivity (Wildman–Crippen MR) is 94.1 cm³/mol. The average molecular weight is 338 g/mol. The molecule has 0 saturated heterocycles. The molecule has 2 aromatic carbocycles. The Labute approximate surface area is 145 Å². The lowest BCUT2D eigenvalue weighted by Crippen LogP contribution is -2.43. The number of hydrogen-bond acceptors (Lipinski definition) is 4. The minimum absolute atomic E-state index is 0.0799. The van der Waals surface area contributed by atoms with Gasteiger partial charge in [-0.25, -0.2) is 0 Å². The van der Waals surface area contributed by atoms with Gasteiger partial charge < -0.3 is 10.1 Å². The Kier molecular flexibility index (Phi) is 4.52. The van der Waals surface area contributed by atoms with E-state index in [9.17, 15) is 14.4 Å². The fourth-order valence-electron chi connectivity index (χ4n) is 2.65. The molecule has 0 unspecified atom stereocenters. The lowest BCUT2D eigenvalue weighted by Gasteiger charge is -2.29. The van der Waals surface area contributed by atoms with Crippen molar-refractivity contribution in [2.45, 2.75) is 13.8 Å². The largest absolute Gasteiger partial charge is 0.482 e. The van der Waals surface area contributed by atoms with E-state index in [2.05, 4.69) is 5.32 Å². The maximum absolute atomic E-state index is 12.4. The Morgan fingerprint density at radius 1 is 1.20 bits per heavy atom. The molecule has 1 aliphatic heterocycles. The number of benzene rings is 2. The van der Waals surface area contributed by atoms with Crippen molar-refractivity contribution in [3.63, 3.8) is 0 Å². The molecule has 0 atom stereocenters. The number of nitrogens with one attached hydrogen (secondary N) is 1. The zero-order valence-electron chi connectivity index (χ0n) is 14.0. The number of carbonyl (C=O) groups is 3. The van der Waals surface area contributed by atoms with Crippen LogP contribution >= 0.6 is 0 Å². The van der Waals surface area contributed by atoms with Crippen LogP contribution < -0.4 is 15.0 Å². The molecule has 1 aliphatic rings. The molecule has 0 spiro atoms. The van der Waals surface area contributed by atoms with Crippen LogP contribution in [0.5, 0.6) is 5.75 Å². The number of Topliss-reactive ketones (excluding diaryl/α,β-unsaturated/α-hetero) is 1. The summed E-state index contributed by atoms with van der Waals surface area (Å²) >= 11 is 0. The van der Waals surface area contributed by atoms with Gasteiger partial charge in [0, 0.05) is 11.3 Å². The van der Waals surface area contributed by atoms with Crippen LogP contribution in [0, 0.1) is 6.92 Å².